The molecule has 0 aliphatic heterocycles. The van der Waals surface area contributed by atoms with Gasteiger partial charge in [0.25, 0.3) is 0 Å². The summed E-state index contributed by atoms with van der Waals surface area (Å²) in [4.78, 5) is 27.7. The number of fused-ring (bicyclic) bond motifs is 1. The first-order valence-corrected chi connectivity index (χ1v) is 10.3. The van der Waals surface area contributed by atoms with Crippen LogP contribution in [0.1, 0.15) is 5.56 Å². The number of H-pyrrole nitrogens is 1. The van der Waals surface area contributed by atoms with Crippen LogP contribution in [-0.4, -0.2) is 25.2 Å². The standard InChI is InChI=1S/C25H21N5O2/c31-23(17-29-22-14-8-7-13-21(22)27-25(29)32)26-15-19-16-30(20-11-5-2-6-12-20)28-24(19)18-9-3-1-4-10-18/h1-14,16H,15,17H2,(H,26,31)(H,27,32). The van der Waals surface area contributed by atoms with Gasteiger partial charge in [0, 0.05) is 23.9 Å². The third-order valence-electron chi connectivity index (χ3n) is 5.32. The van der Waals surface area contributed by atoms with Crippen molar-refractivity contribution in [2.24, 2.45) is 0 Å². The Morgan fingerprint density at radius 1 is 0.906 bits per heavy atom. The molecule has 2 N–H and O–H groups in total. The summed E-state index contributed by atoms with van der Waals surface area (Å²) >= 11 is 0. The van der Waals surface area contributed by atoms with E-state index >= 15 is 0 Å². The van der Waals surface area contributed by atoms with Gasteiger partial charge in [0.1, 0.15) is 6.54 Å². The highest BCUT2D eigenvalue weighted by Gasteiger charge is 2.15. The topological polar surface area (TPSA) is 84.7 Å². The molecule has 0 saturated heterocycles. The lowest BCUT2D eigenvalue weighted by atomic mass is 10.1. The molecule has 7 heteroatoms. The van der Waals surface area contributed by atoms with E-state index in [2.05, 4.69) is 10.3 Å². The van der Waals surface area contributed by atoms with E-state index in [1.807, 2.05) is 95.8 Å². The smallest absolute Gasteiger partial charge is 0.326 e. The fourth-order valence-electron chi connectivity index (χ4n) is 3.75. The number of hydrogen-bond acceptors (Lipinski definition) is 3. The number of nitrogens with zero attached hydrogens (tertiary/aromatic N) is 3. The quantitative estimate of drug-likeness (QED) is 0.438. The molecule has 0 radical (unpaired) electrons. The summed E-state index contributed by atoms with van der Waals surface area (Å²) in [5.41, 5.74) is 4.71. The number of benzene rings is 3. The first-order chi connectivity index (χ1) is 15.7. The Balaban J connectivity index is 1.39. The maximum absolute atomic E-state index is 12.7. The summed E-state index contributed by atoms with van der Waals surface area (Å²) in [6.07, 6.45) is 1.93. The molecule has 158 valence electrons. The van der Waals surface area contributed by atoms with E-state index in [4.69, 9.17) is 5.10 Å². The van der Waals surface area contributed by atoms with Crippen molar-refractivity contribution < 1.29 is 4.79 Å². The predicted octanol–water partition coefficient (Wildman–Crippen LogP) is 3.50. The van der Waals surface area contributed by atoms with E-state index in [9.17, 15) is 9.59 Å². The molecular formula is C25H21N5O2. The number of carbonyl (C=O) groups is 1. The lowest BCUT2D eigenvalue weighted by Crippen LogP contribution is -2.31. The number of aromatic nitrogens is 4. The van der Waals surface area contributed by atoms with E-state index in [0.29, 0.717) is 17.6 Å². The Morgan fingerprint density at radius 3 is 2.38 bits per heavy atom. The van der Waals surface area contributed by atoms with Crippen LogP contribution in [0.3, 0.4) is 0 Å². The van der Waals surface area contributed by atoms with Gasteiger partial charge in [0.2, 0.25) is 5.91 Å². The normalized spacial score (nSPS) is 11.0. The van der Waals surface area contributed by atoms with Gasteiger partial charge in [-0.1, -0.05) is 60.7 Å². The van der Waals surface area contributed by atoms with Gasteiger partial charge in [-0.05, 0) is 24.3 Å². The van der Waals surface area contributed by atoms with Crippen LogP contribution in [0.5, 0.6) is 0 Å². The summed E-state index contributed by atoms with van der Waals surface area (Å²) in [5.74, 6) is -0.247. The van der Waals surface area contributed by atoms with Crippen molar-refractivity contribution in [1.29, 1.82) is 0 Å². The van der Waals surface area contributed by atoms with Crippen molar-refractivity contribution >= 4 is 16.9 Å². The van der Waals surface area contributed by atoms with Crippen molar-refractivity contribution in [2.75, 3.05) is 0 Å². The van der Waals surface area contributed by atoms with Crippen LogP contribution < -0.4 is 11.0 Å². The van der Waals surface area contributed by atoms with E-state index in [1.165, 1.54) is 4.57 Å². The first-order valence-electron chi connectivity index (χ1n) is 10.3. The van der Waals surface area contributed by atoms with E-state index < -0.39 is 0 Å². The van der Waals surface area contributed by atoms with Crippen molar-refractivity contribution in [1.82, 2.24) is 24.6 Å². The van der Waals surface area contributed by atoms with Crippen LogP contribution in [0.25, 0.3) is 28.0 Å². The van der Waals surface area contributed by atoms with Crippen LogP contribution in [0.4, 0.5) is 0 Å². The van der Waals surface area contributed by atoms with Gasteiger partial charge in [0.05, 0.1) is 22.4 Å². The summed E-state index contributed by atoms with van der Waals surface area (Å²) < 4.78 is 3.25. The summed E-state index contributed by atoms with van der Waals surface area (Å²) in [6, 6.07) is 27.0. The zero-order valence-corrected chi connectivity index (χ0v) is 17.2. The summed E-state index contributed by atoms with van der Waals surface area (Å²) in [7, 11) is 0. The zero-order valence-electron chi connectivity index (χ0n) is 17.2. The lowest BCUT2D eigenvalue weighted by Gasteiger charge is -2.07. The van der Waals surface area contributed by atoms with Crippen LogP contribution in [0.15, 0.2) is 95.9 Å². The number of para-hydroxylation sites is 3. The molecular weight excluding hydrogens is 402 g/mol. The Hall–Kier alpha value is -4.39. The van der Waals surface area contributed by atoms with Gasteiger partial charge in [-0.2, -0.15) is 5.10 Å². The van der Waals surface area contributed by atoms with Gasteiger partial charge in [0.15, 0.2) is 0 Å². The van der Waals surface area contributed by atoms with E-state index in [-0.39, 0.29) is 18.1 Å². The first kappa shape index (κ1) is 19.6. The Morgan fingerprint density at radius 2 is 1.59 bits per heavy atom. The largest absolute Gasteiger partial charge is 0.350 e. The van der Waals surface area contributed by atoms with Crippen LogP contribution in [0, 0.1) is 0 Å². The molecule has 0 spiro atoms. The molecule has 2 heterocycles. The van der Waals surface area contributed by atoms with Crippen molar-refractivity contribution in [3.8, 4) is 16.9 Å². The third-order valence-corrected chi connectivity index (χ3v) is 5.32. The Bertz CT molecular complexity index is 1430. The maximum Gasteiger partial charge on any atom is 0.326 e. The molecule has 0 saturated carbocycles. The number of nitrogens with one attached hydrogen (secondary N) is 2. The SMILES string of the molecule is O=C(Cn1c(=O)[nH]c2ccccc21)NCc1cn(-c2ccccc2)nc1-c1ccccc1. The Labute approximate surface area is 183 Å². The van der Waals surface area contributed by atoms with Gasteiger partial charge in [-0.25, -0.2) is 9.48 Å². The molecule has 0 bridgehead atoms. The van der Waals surface area contributed by atoms with Gasteiger partial charge < -0.3 is 10.3 Å². The van der Waals surface area contributed by atoms with Gasteiger partial charge in [-0.3, -0.25) is 9.36 Å². The highest BCUT2D eigenvalue weighted by atomic mass is 16.2. The molecule has 0 aliphatic carbocycles. The summed E-state index contributed by atoms with van der Waals surface area (Å²) in [6.45, 7) is 0.239. The molecule has 0 fully saturated rings. The minimum atomic E-state index is -0.303. The predicted molar refractivity (Wildman–Crippen MR) is 123 cm³/mol. The third kappa shape index (κ3) is 3.83. The average molecular weight is 423 g/mol. The van der Waals surface area contributed by atoms with Gasteiger partial charge >= 0.3 is 5.69 Å². The minimum absolute atomic E-state index is 0.0592. The minimum Gasteiger partial charge on any atom is -0.350 e. The van der Waals surface area contributed by atoms with Crippen molar-refractivity contribution in [3.63, 3.8) is 0 Å². The van der Waals surface area contributed by atoms with Crippen LogP contribution in [-0.2, 0) is 17.9 Å². The molecule has 32 heavy (non-hydrogen) atoms. The number of carbonyl (C=O) groups excluding carboxylic acids is 1. The molecule has 2 aromatic heterocycles. The van der Waals surface area contributed by atoms with Crippen LogP contribution in [0.2, 0.25) is 0 Å². The fourth-order valence-corrected chi connectivity index (χ4v) is 3.75. The van der Waals surface area contributed by atoms with Crippen molar-refractivity contribution in [2.45, 2.75) is 13.1 Å². The molecule has 1 amide bonds. The lowest BCUT2D eigenvalue weighted by molar-refractivity contribution is -0.121. The van der Waals surface area contributed by atoms with E-state index in [1.54, 1.807) is 0 Å². The van der Waals surface area contributed by atoms with E-state index in [0.717, 1.165) is 22.5 Å². The number of aromatic amines is 1. The number of rotatable bonds is 6. The second-order valence-electron chi connectivity index (χ2n) is 7.46. The second-order valence-corrected chi connectivity index (χ2v) is 7.46. The molecule has 5 rings (SSSR count). The number of amides is 1. The monoisotopic (exact) mass is 423 g/mol. The highest BCUT2D eigenvalue weighted by molar-refractivity contribution is 5.80. The van der Waals surface area contributed by atoms with Gasteiger partial charge in [-0.15, -0.1) is 0 Å². The van der Waals surface area contributed by atoms with Crippen molar-refractivity contribution in [3.05, 3.63) is 107 Å². The van der Waals surface area contributed by atoms with Crippen LogP contribution >= 0.6 is 0 Å². The average Bonchev–Trinajstić information content (AvgIpc) is 3.40. The molecule has 5 aromatic rings. The molecule has 0 atom stereocenters. The zero-order chi connectivity index (χ0) is 21.9. The molecule has 3 aromatic carbocycles. The maximum atomic E-state index is 12.7. The number of hydrogen-bond donors (Lipinski definition) is 2. The second kappa shape index (κ2) is 8.39. The summed E-state index contributed by atoms with van der Waals surface area (Å²) in [5, 5.41) is 7.70. The molecule has 0 unspecified atom stereocenters. The molecule has 7 nitrogen and oxygen atoms in total. The highest BCUT2D eigenvalue weighted by Crippen LogP contribution is 2.23. The number of imidazole rings is 1. The fraction of sp³-hybridized carbons (Fsp3) is 0.0800. The molecule has 0 aliphatic rings. The Kier molecular flexibility index (Phi) is 5.13.